The fraction of sp³-hybridized carbons (Fsp3) is 0.829. The van der Waals surface area contributed by atoms with Crippen LogP contribution in [0.4, 0.5) is 0 Å². The molecule has 2 aliphatic heterocycles. The van der Waals surface area contributed by atoms with Crippen molar-refractivity contribution in [1.82, 2.24) is 0 Å². The maximum atomic E-state index is 10.1. The summed E-state index contributed by atoms with van der Waals surface area (Å²) in [5.41, 5.74) is 1.12. The molecule has 2 fully saturated rings. The number of hydrogen-bond donors (Lipinski definition) is 2. The van der Waals surface area contributed by atoms with Crippen molar-refractivity contribution in [3.05, 3.63) is 34.0 Å². The molecule has 0 aromatic rings. The van der Waals surface area contributed by atoms with Gasteiger partial charge in [0.05, 0.1) is 6.10 Å². The molecular formula is C35H64O4Sn. The molecule has 5 heteroatoms. The van der Waals surface area contributed by atoms with Crippen LogP contribution < -0.4 is 0 Å². The Balaban J connectivity index is 2.14. The Morgan fingerprint density at radius 2 is 1.52 bits per heavy atom. The van der Waals surface area contributed by atoms with Crippen LogP contribution in [0, 0.1) is 17.8 Å². The van der Waals surface area contributed by atoms with Gasteiger partial charge in [-0.05, 0) is 0 Å². The molecule has 232 valence electrons. The Morgan fingerprint density at radius 1 is 0.950 bits per heavy atom. The summed E-state index contributed by atoms with van der Waals surface area (Å²) < 4.78 is 21.1. The summed E-state index contributed by atoms with van der Waals surface area (Å²) >= 11 is -2.36. The van der Waals surface area contributed by atoms with Crippen LogP contribution >= 0.6 is 0 Å². The first-order chi connectivity index (χ1) is 19.1. The zero-order valence-electron chi connectivity index (χ0n) is 27.2. The van der Waals surface area contributed by atoms with Gasteiger partial charge in [0.25, 0.3) is 0 Å². The number of aliphatic hydroxyl groups excluding tert-OH is 2. The van der Waals surface area contributed by atoms with Gasteiger partial charge in [-0.15, -0.1) is 0 Å². The van der Waals surface area contributed by atoms with Crippen molar-refractivity contribution in [1.29, 1.82) is 0 Å². The summed E-state index contributed by atoms with van der Waals surface area (Å²) in [6.07, 6.45) is 21.4. The fourth-order valence-electron chi connectivity index (χ4n) is 6.33. The number of ether oxygens (including phenoxy) is 2. The molecule has 0 aliphatic carbocycles. The van der Waals surface area contributed by atoms with Crippen molar-refractivity contribution in [2.45, 2.75) is 157 Å². The van der Waals surface area contributed by atoms with Gasteiger partial charge in [-0.3, -0.25) is 0 Å². The predicted octanol–water partition coefficient (Wildman–Crippen LogP) is 9.14. The molecular weight excluding hydrogens is 603 g/mol. The third-order valence-corrected chi connectivity index (χ3v) is 23.8. The molecule has 2 N–H and O–H groups in total. The van der Waals surface area contributed by atoms with Crippen LogP contribution in [0.15, 0.2) is 34.0 Å². The summed E-state index contributed by atoms with van der Waals surface area (Å²) in [6.45, 7) is 15.6. The molecule has 0 radical (unpaired) electrons. The van der Waals surface area contributed by atoms with Gasteiger partial charge in [-0.25, -0.2) is 0 Å². The molecule has 40 heavy (non-hydrogen) atoms. The van der Waals surface area contributed by atoms with E-state index in [9.17, 15) is 10.2 Å². The van der Waals surface area contributed by atoms with Gasteiger partial charge in [-0.2, -0.15) is 0 Å². The van der Waals surface area contributed by atoms with Gasteiger partial charge >= 0.3 is 217 Å². The fourth-order valence-corrected chi connectivity index (χ4v) is 20.7. The van der Waals surface area contributed by atoms with E-state index >= 15 is 0 Å². The first-order valence-corrected chi connectivity index (χ1v) is 24.5. The quantitative estimate of drug-likeness (QED) is 0.120. The molecule has 0 saturated carbocycles. The van der Waals surface area contributed by atoms with E-state index in [1.807, 2.05) is 13.0 Å². The van der Waals surface area contributed by atoms with Crippen LogP contribution in [0.1, 0.15) is 119 Å². The monoisotopic (exact) mass is 668 g/mol. The summed E-state index contributed by atoms with van der Waals surface area (Å²) in [4.78, 5) is 0. The average molecular weight is 668 g/mol. The molecule has 2 rings (SSSR count). The van der Waals surface area contributed by atoms with Crippen molar-refractivity contribution in [3.63, 3.8) is 0 Å². The van der Waals surface area contributed by atoms with Crippen LogP contribution in [0.3, 0.4) is 0 Å². The van der Waals surface area contributed by atoms with E-state index in [-0.39, 0.29) is 24.7 Å². The Labute approximate surface area is 251 Å². The molecule has 0 aromatic carbocycles. The molecule has 2 saturated heterocycles. The van der Waals surface area contributed by atoms with Crippen LogP contribution in [-0.2, 0) is 9.47 Å². The van der Waals surface area contributed by atoms with Crippen LogP contribution in [0.2, 0.25) is 13.3 Å². The van der Waals surface area contributed by atoms with E-state index in [0.717, 1.165) is 37.7 Å². The normalized spacial score (nSPS) is 30.0. The van der Waals surface area contributed by atoms with Crippen molar-refractivity contribution in [3.8, 4) is 0 Å². The van der Waals surface area contributed by atoms with Gasteiger partial charge in [0.15, 0.2) is 0 Å². The maximum absolute atomic E-state index is 10.1. The van der Waals surface area contributed by atoms with Gasteiger partial charge in [-0.1, -0.05) is 6.92 Å². The molecule has 0 aromatic heterocycles. The standard InChI is InChI=1S/C23H37O4.3C4H9.Sn/c1-6-21-17(3)11-13-23(26-21)14-12-18(4)22(27-23)10-8-16(2)7-9-20(25)19(5)15-24;3*1-3-4-2;/h1,6-9,17-22,24-25H,10-15H2,2-5H3;3*1,3-4H2,2H3;/b6-1?,9-7+,16-8+;;;;/t17-,18+,19+,20+,21-,22-,23+;;;;/m1..../s1. The van der Waals surface area contributed by atoms with Crippen molar-refractivity contribution in [2.75, 3.05) is 6.61 Å². The topological polar surface area (TPSA) is 58.9 Å². The zero-order valence-corrected chi connectivity index (χ0v) is 30.0. The van der Waals surface area contributed by atoms with Crippen molar-refractivity contribution in [2.24, 2.45) is 17.8 Å². The zero-order chi connectivity index (χ0) is 29.6. The Morgan fingerprint density at radius 3 is 2.08 bits per heavy atom. The third-order valence-electron chi connectivity index (χ3n) is 9.70. The molecule has 7 atom stereocenters. The molecule has 2 heterocycles. The molecule has 0 unspecified atom stereocenters. The number of unbranched alkanes of at least 4 members (excludes halogenated alkanes) is 3. The molecule has 0 amide bonds. The van der Waals surface area contributed by atoms with Gasteiger partial charge < -0.3 is 10.2 Å². The van der Waals surface area contributed by atoms with E-state index in [4.69, 9.17) is 9.47 Å². The number of aliphatic hydroxyl groups is 2. The van der Waals surface area contributed by atoms with Crippen molar-refractivity contribution >= 4 is 18.4 Å². The SMILES string of the molecule is CCC[CH2][Sn](/[CH]=C/[C@H]1O[C@]2(CC[C@H]1C)CC[C@H](C)[C@@H](C/C=C(C)/C=C/[C@H](O)[C@@H](C)CO)O2)([CH2]CCC)[CH2]CCC. The molecule has 2 aliphatic rings. The Kier molecular flexibility index (Phi) is 16.7. The Bertz CT molecular complexity index is 766. The second kappa shape index (κ2) is 18.5. The third kappa shape index (κ3) is 11.5. The summed E-state index contributed by atoms with van der Waals surface area (Å²) in [6, 6.07) is 0. The minimum atomic E-state index is -2.36. The molecule has 0 bridgehead atoms. The summed E-state index contributed by atoms with van der Waals surface area (Å²) in [5, 5.41) is 19.4. The number of hydrogen-bond acceptors (Lipinski definition) is 4. The first-order valence-electron chi connectivity index (χ1n) is 16.8. The van der Waals surface area contributed by atoms with E-state index in [2.05, 4.69) is 57.8 Å². The van der Waals surface area contributed by atoms with Crippen LogP contribution in [0.25, 0.3) is 0 Å². The van der Waals surface area contributed by atoms with Crippen molar-refractivity contribution < 1.29 is 19.7 Å². The van der Waals surface area contributed by atoms with E-state index in [1.165, 1.54) is 51.8 Å². The van der Waals surface area contributed by atoms with Gasteiger partial charge in [0.1, 0.15) is 0 Å². The number of rotatable bonds is 17. The summed E-state index contributed by atoms with van der Waals surface area (Å²) in [5.74, 6) is 0.433. The average Bonchev–Trinajstić information content (AvgIpc) is 2.96. The number of allylic oxidation sites excluding steroid dienone is 2. The molecule has 1 spiro atoms. The molecule has 4 nitrogen and oxygen atoms in total. The minimum absolute atomic E-state index is 0.0148. The second-order valence-corrected chi connectivity index (χ2v) is 26.4. The van der Waals surface area contributed by atoms with Crippen LogP contribution in [0.5, 0.6) is 0 Å². The first kappa shape index (κ1) is 36.1. The second-order valence-electron chi connectivity index (χ2n) is 13.4. The Hall–Kier alpha value is -0.141. The van der Waals surface area contributed by atoms with E-state index < -0.39 is 30.3 Å². The van der Waals surface area contributed by atoms with Crippen LogP contribution in [-0.4, -0.2) is 59.3 Å². The van der Waals surface area contributed by atoms with E-state index in [1.54, 1.807) is 6.08 Å². The van der Waals surface area contributed by atoms with E-state index in [0.29, 0.717) is 11.8 Å². The van der Waals surface area contributed by atoms with Gasteiger partial charge in [0.2, 0.25) is 0 Å². The van der Waals surface area contributed by atoms with Gasteiger partial charge in [0, 0.05) is 12.5 Å². The summed E-state index contributed by atoms with van der Waals surface area (Å²) in [7, 11) is 0. The predicted molar refractivity (Wildman–Crippen MR) is 173 cm³/mol.